The quantitative estimate of drug-likeness (QED) is 0.406. The topological polar surface area (TPSA) is 53.8 Å². The molecule has 8 heteroatoms. The van der Waals surface area contributed by atoms with E-state index in [1.54, 1.807) is 17.0 Å². The summed E-state index contributed by atoms with van der Waals surface area (Å²) in [4.78, 5) is 29.4. The zero-order valence-electron chi connectivity index (χ0n) is 19.1. The third-order valence-electron chi connectivity index (χ3n) is 5.13. The Bertz CT molecular complexity index is 1080. The first-order chi connectivity index (χ1) is 16.1. The molecule has 180 valence electrons. The highest BCUT2D eigenvalue weighted by Crippen LogP contribution is 2.30. The van der Waals surface area contributed by atoms with E-state index >= 15 is 0 Å². The van der Waals surface area contributed by atoms with Crippen LogP contribution in [0.4, 0.5) is 13.2 Å². The molecule has 3 aromatic rings. The van der Waals surface area contributed by atoms with Crippen molar-refractivity contribution in [1.82, 2.24) is 9.80 Å². The fraction of sp³-hybridized carbons (Fsp3) is 0.308. The van der Waals surface area contributed by atoms with Crippen LogP contribution < -0.4 is 0 Å². The van der Waals surface area contributed by atoms with E-state index in [0.717, 1.165) is 17.7 Å². The number of carbonyl (C=O) groups is 2. The van der Waals surface area contributed by atoms with Crippen LogP contribution in [0.2, 0.25) is 0 Å². The summed E-state index contributed by atoms with van der Waals surface area (Å²) in [7, 11) is 0. The number of alkyl halides is 3. The van der Waals surface area contributed by atoms with Gasteiger partial charge in [-0.25, -0.2) is 0 Å². The van der Waals surface area contributed by atoms with Crippen molar-refractivity contribution < 1.29 is 27.2 Å². The summed E-state index contributed by atoms with van der Waals surface area (Å²) in [5.74, 6) is -0.355. The zero-order chi connectivity index (χ0) is 24.7. The molecule has 34 heavy (non-hydrogen) atoms. The van der Waals surface area contributed by atoms with E-state index in [0.29, 0.717) is 12.3 Å². The third-order valence-corrected chi connectivity index (χ3v) is 5.13. The standard InChI is InChI=1S/C26H27F3N2O3/c1-19(2)15-31(25(33)21-10-6-11-22(14-21)26(27,28)29)18-24(32)30(17-23-12-7-13-34-23)16-20-8-4-3-5-9-20/h3-14,19H,15-18H2,1-2H3. The highest BCUT2D eigenvalue weighted by Gasteiger charge is 2.32. The van der Waals surface area contributed by atoms with Crippen LogP contribution in [0.1, 0.15) is 41.1 Å². The number of furan rings is 1. The molecule has 0 radical (unpaired) electrons. The summed E-state index contributed by atoms with van der Waals surface area (Å²) in [6, 6.07) is 17.1. The summed E-state index contributed by atoms with van der Waals surface area (Å²) >= 11 is 0. The number of halogens is 3. The average Bonchev–Trinajstić information content (AvgIpc) is 3.31. The summed E-state index contributed by atoms with van der Waals surface area (Å²) in [5.41, 5.74) is -0.108. The maximum absolute atomic E-state index is 13.3. The summed E-state index contributed by atoms with van der Waals surface area (Å²) in [5, 5.41) is 0. The van der Waals surface area contributed by atoms with Crippen LogP contribution in [0, 0.1) is 5.92 Å². The van der Waals surface area contributed by atoms with Crippen molar-refractivity contribution in [3.05, 3.63) is 95.4 Å². The van der Waals surface area contributed by atoms with Crippen LogP contribution >= 0.6 is 0 Å². The normalized spacial score (nSPS) is 11.5. The summed E-state index contributed by atoms with van der Waals surface area (Å²) in [6.07, 6.45) is -3.05. The molecule has 1 aromatic heterocycles. The first-order valence-corrected chi connectivity index (χ1v) is 10.9. The molecule has 3 rings (SSSR count). The molecule has 0 unspecified atom stereocenters. The Morgan fingerprint density at radius 3 is 2.26 bits per heavy atom. The van der Waals surface area contributed by atoms with E-state index in [1.165, 1.54) is 23.3 Å². The first kappa shape index (κ1) is 25.1. The van der Waals surface area contributed by atoms with Crippen molar-refractivity contribution in [2.24, 2.45) is 5.92 Å². The molecule has 0 bridgehead atoms. The lowest BCUT2D eigenvalue weighted by Gasteiger charge is -2.28. The van der Waals surface area contributed by atoms with Gasteiger partial charge in [-0.15, -0.1) is 0 Å². The highest BCUT2D eigenvalue weighted by atomic mass is 19.4. The number of nitrogens with zero attached hydrogens (tertiary/aromatic N) is 2. The minimum Gasteiger partial charge on any atom is -0.467 e. The Balaban J connectivity index is 1.83. The van der Waals surface area contributed by atoms with Crippen molar-refractivity contribution in [3.63, 3.8) is 0 Å². The molecule has 0 aliphatic heterocycles. The van der Waals surface area contributed by atoms with Gasteiger partial charge in [0.25, 0.3) is 5.91 Å². The van der Waals surface area contributed by atoms with Crippen LogP contribution in [0.5, 0.6) is 0 Å². The van der Waals surface area contributed by atoms with E-state index in [1.807, 2.05) is 44.2 Å². The van der Waals surface area contributed by atoms with Crippen molar-refractivity contribution in [2.45, 2.75) is 33.1 Å². The van der Waals surface area contributed by atoms with E-state index in [9.17, 15) is 22.8 Å². The first-order valence-electron chi connectivity index (χ1n) is 10.9. The molecular weight excluding hydrogens is 445 g/mol. The monoisotopic (exact) mass is 472 g/mol. The molecule has 0 atom stereocenters. The molecule has 0 spiro atoms. The molecule has 0 saturated heterocycles. The van der Waals surface area contributed by atoms with Crippen LogP contribution in [-0.2, 0) is 24.1 Å². The number of rotatable bonds is 9. The Labute approximate surface area is 196 Å². The maximum atomic E-state index is 13.3. The molecule has 0 aliphatic rings. The fourth-order valence-corrected chi connectivity index (χ4v) is 3.56. The number of amides is 2. The van der Waals surface area contributed by atoms with Crippen molar-refractivity contribution in [3.8, 4) is 0 Å². The van der Waals surface area contributed by atoms with Gasteiger partial charge in [-0.2, -0.15) is 13.2 Å². The maximum Gasteiger partial charge on any atom is 0.416 e. The van der Waals surface area contributed by atoms with E-state index in [2.05, 4.69) is 0 Å². The zero-order valence-corrected chi connectivity index (χ0v) is 19.1. The third kappa shape index (κ3) is 6.97. The molecule has 0 aliphatic carbocycles. The van der Waals surface area contributed by atoms with Gasteiger partial charge in [0.15, 0.2) is 0 Å². The average molecular weight is 473 g/mol. The molecule has 0 N–H and O–H groups in total. The van der Waals surface area contributed by atoms with E-state index < -0.39 is 17.6 Å². The van der Waals surface area contributed by atoms with Crippen molar-refractivity contribution >= 4 is 11.8 Å². The molecule has 1 heterocycles. The van der Waals surface area contributed by atoms with Gasteiger partial charge < -0.3 is 14.2 Å². The fourth-order valence-electron chi connectivity index (χ4n) is 3.56. The Morgan fingerprint density at radius 2 is 1.65 bits per heavy atom. The van der Waals surface area contributed by atoms with Gasteiger partial charge in [-0.05, 0) is 41.8 Å². The lowest BCUT2D eigenvalue weighted by atomic mass is 10.1. The van der Waals surface area contributed by atoms with Gasteiger partial charge in [0.1, 0.15) is 12.3 Å². The van der Waals surface area contributed by atoms with Gasteiger partial charge >= 0.3 is 6.18 Å². The van der Waals surface area contributed by atoms with Crippen LogP contribution in [0.25, 0.3) is 0 Å². The van der Waals surface area contributed by atoms with Crippen LogP contribution in [0.15, 0.2) is 77.4 Å². The molecule has 2 amide bonds. The Hall–Kier alpha value is -3.55. The Kier molecular flexibility index (Phi) is 8.15. The smallest absolute Gasteiger partial charge is 0.416 e. The molecule has 0 saturated carbocycles. The molecule has 0 fully saturated rings. The second-order valence-electron chi connectivity index (χ2n) is 8.47. The van der Waals surface area contributed by atoms with Crippen LogP contribution in [-0.4, -0.2) is 34.7 Å². The van der Waals surface area contributed by atoms with E-state index in [-0.39, 0.29) is 37.0 Å². The van der Waals surface area contributed by atoms with Crippen molar-refractivity contribution in [2.75, 3.05) is 13.1 Å². The van der Waals surface area contributed by atoms with Gasteiger partial charge in [0.2, 0.25) is 5.91 Å². The minimum absolute atomic E-state index is 0.00944. The lowest BCUT2D eigenvalue weighted by Crippen LogP contribution is -2.44. The largest absolute Gasteiger partial charge is 0.467 e. The number of carbonyl (C=O) groups excluding carboxylic acids is 2. The predicted molar refractivity (Wildman–Crippen MR) is 122 cm³/mol. The SMILES string of the molecule is CC(C)CN(CC(=O)N(Cc1ccccc1)Cc1ccco1)C(=O)c1cccc(C(F)(F)F)c1. The van der Waals surface area contributed by atoms with Gasteiger partial charge in [0.05, 0.1) is 18.4 Å². The summed E-state index contributed by atoms with van der Waals surface area (Å²) in [6.45, 7) is 4.21. The van der Waals surface area contributed by atoms with Gasteiger partial charge in [-0.3, -0.25) is 9.59 Å². The Morgan fingerprint density at radius 1 is 0.912 bits per heavy atom. The second-order valence-corrected chi connectivity index (χ2v) is 8.47. The molecule has 2 aromatic carbocycles. The van der Waals surface area contributed by atoms with Crippen LogP contribution in [0.3, 0.4) is 0 Å². The van der Waals surface area contributed by atoms with E-state index in [4.69, 9.17) is 4.42 Å². The van der Waals surface area contributed by atoms with Gasteiger partial charge in [0, 0.05) is 18.7 Å². The molecule has 5 nitrogen and oxygen atoms in total. The van der Waals surface area contributed by atoms with Gasteiger partial charge in [-0.1, -0.05) is 50.2 Å². The number of hydrogen-bond acceptors (Lipinski definition) is 3. The van der Waals surface area contributed by atoms with Crippen molar-refractivity contribution in [1.29, 1.82) is 0 Å². The minimum atomic E-state index is -4.56. The molecular formula is C26H27F3N2O3. The lowest BCUT2D eigenvalue weighted by molar-refractivity contribution is -0.137. The number of benzene rings is 2. The number of hydrogen-bond donors (Lipinski definition) is 0. The second kappa shape index (κ2) is 11.0. The highest BCUT2D eigenvalue weighted by molar-refractivity contribution is 5.96. The summed E-state index contributed by atoms with van der Waals surface area (Å²) < 4.78 is 44.9. The predicted octanol–water partition coefficient (Wildman–Crippen LogP) is 5.63.